The summed E-state index contributed by atoms with van der Waals surface area (Å²) in [7, 11) is 0. The molecule has 30 heavy (non-hydrogen) atoms. The quantitative estimate of drug-likeness (QED) is 0.550. The number of nitrogens with zero attached hydrogens (tertiary/aromatic N) is 2. The fraction of sp³-hybridized carbons (Fsp3) is 0.520. The normalized spacial score (nSPS) is 27.9. The molecule has 0 spiro atoms. The fourth-order valence-corrected chi connectivity index (χ4v) is 5.64. The second-order valence-corrected chi connectivity index (χ2v) is 10.4. The Balaban J connectivity index is 1.49. The molecule has 2 aromatic rings. The lowest BCUT2D eigenvalue weighted by Gasteiger charge is -2.38. The lowest BCUT2D eigenvalue weighted by molar-refractivity contribution is 0.00298. The highest BCUT2D eigenvalue weighted by Gasteiger charge is 2.51. The Morgan fingerprint density at radius 3 is 2.60 bits per heavy atom. The number of carbonyl (C=O) groups excluding carboxylic acids is 1. The van der Waals surface area contributed by atoms with Crippen LogP contribution in [0.4, 0.5) is 5.82 Å². The molecule has 1 saturated carbocycles. The van der Waals surface area contributed by atoms with Crippen LogP contribution < -0.4 is 5.32 Å². The van der Waals surface area contributed by atoms with Crippen molar-refractivity contribution in [1.82, 2.24) is 9.78 Å². The van der Waals surface area contributed by atoms with E-state index in [2.05, 4.69) is 63.4 Å². The van der Waals surface area contributed by atoms with Crippen molar-refractivity contribution in [1.29, 1.82) is 0 Å². The smallest absolute Gasteiger partial charge is 0.344 e. The van der Waals surface area contributed by atoms with Gasteiger partial charge in [-0.15, -0.1) is 0 Å². The molecule has 2 aliphatic carbocycles. The second kappa shape index (κ2) is 6.47. The van der Waals surface area contributed by atoms with E-state index in [0.717, 1.165) is 30.8 Å². The van der Waals surface area contributed by atoms with Crippen LogP contribution in [-0.2, 0) is 10.3 Å². The molecular formula is C25H31N3O2. The first kappa shape index (κ1) is 19.4. The number of nitrogens with one attached hydrogen (secondary N) is 1. The molecule has 1 N–H and O–H groups in total. The van der Waals surface area contributed by atoms with Crippen LogP contribution in [0, 0.1) is 18.3 Å². The first-order valence-corrected chi connectivity index (χ1v) is 11.0. The molecule has 3 atom stereocenters. The van der Waals surface area contributed by atoms with E-state index in [1.165, 1.54) is 11.1 Å². The zero-order chi connectivity index (χ0) is 21.3. The molecule has 1 aromatic heterocycles. The molecule has 0 amide bonds. The van der Waals surface area contributed by atoms with E-state index >= 15 is 0 Å². The van der Waals surface area contributed by atoms with Crippen molar-refractivity contribution in [2.75, 3.05) is 5.32 Å². The fourth-order valence-electron chi connectivity index (χ4n) is 5.64. The van der Waals surface area contributed by atoms with Crippen LogP contribution in [0.25, 0.3) is 0 Å². The summed E-state index contributed by atoms with van der Waals surface area (Å²) in [5, 5.41) is 8.35. The number of ether oxygens (including phenoxy) is 1. The van der Waals surface area contributed by atoms with Gasteiger partial charge in [-0.25, -0.2) is 9.48 Å². The Labute approximate surface area is 178 Å². The van der Waals surface area contributed by atoms with Crippen molar-refractivity contribution in [3.8, 4) is 0 Å². The molecular weight excluding hydrogens is 374 g/mol. The van der Waals surface area contributed by atoms with Gasteiger partial charge in [0, 0.05) is 5.41 Å². The molecule has 1 aliphatic heterocycles. The number of aryl methyl sites for hydroxylation is 1. The number of carbonyl (C=O) groups is 1. The number of aromatic nitrogens is 2. The number of allylic oxidation sites excluding steroid dienone is 1. The Bertz CT molecular complexity index is 1030. The number of hydrogen-bond acceptors (Lipinski definition) is 4. The predicted octanol–water partition coefficient (Wildman–Crippen LogP) is 5.39. The highest BCUT2D eigenvalue weighted by atomic mass is 16.5. The molecule has 2 heterocycles. The molecule has 1 aromatic carbocycles. The van der Waals surface area contributed by atoms with Crippen molar-refractivity contribution in [3.63, 3.8) is 0 Å². The highest BCUT2D eigenvalue weighted by Crippen LogP contribution is 2.54. The number of esters is 1. The molecule has 158 valence electrons. The summed E-state index contributed by atoms with van der Waals surface area (Å²) in [5.74, 6) is 1.09. The molecule has 0 radical (unpaired) electrons. The van der Waals surface area contributed by atoms with E-state index in [-0.39, 0.29) is 29.1 Å². The van der Waals surface area contributed by atoms with E-state index in [1.807, 2.05) is 17.7 Å². The second-order valence-electron chi connectivity index (χ2n) is 10.4. The minimum Gasteiger partial charge on any atom is -0.454 e. The van der Waals surface area contributed by atoms with Gasteiger partial charge in [-0.2, -0.15) is 5.10 Å². The van der Waals surface area contributed by atoms with Gasteiger partial charge < -0.3 is 10.1 Å². The van der Waals surface area contributed by atoms with Crippen molar-refractivity contribution in [2.45, 2.75) is 71.6 Å². The lowest BCUT2D eigenvalue weighted by Crippen LogP contribution is -2.38. The Hall–Kier alpha value is -2.56. The van der Waals surface area contributed by atoms with Crippen molar-refractivity contribution in [3.05, 3.63) is 58.8 Å². The third-order valence-corrected chi connectivity index (χ3v) is 7.49. The Kier molecular flexibility index (Phi) is 4.18. The van der Waals surface area contributed by atoms with Crippen molar-refractivity contribution >= 4 is 11.8 Å². The van der Waals surface area contributed by atoms with E-state index in [1.54, 1.807) is 0 Å². The number of hydrogen-bond donors (Lipinski definition) is 1. The number of anilines is 1. The maximum atomic E-state index is 13.4. The molecule has 0 saturated heterocycles. The monoisotopic (exact) mass is 405 g/mol. The van der Waals surface area contributed by atoms with Crippen LogP contribution in [0.2, 0.25) is 0 Å². The molecule has 1 fully saturated rings. The molecule has 2 unspecified atom stereocenters. The summed E-state index contributed by atoms with van der Waals surface area (Å²) in [4.78, 5) is 13.4. The van der Waals surface area contributed by atoms with Crippen LogP contribution >= 0.6 is 0 Å². The van der Waals surface area contributed by atoms with E-state index < -0.39 is 0 Å². The molecule has 3 aliphatic rings. The third kappa shape index (κ3) is 2.82. The SMILES string of the molecule is Cc1nn2c(c1C(=O)OC1C3=CC[C@@H](C3)C1(C)C)NC(c1ccccc1)CC2(C)C. The third-order valence-electron chi connectivity index (χ3n) is 7.49. The van der Waals surface area contributed by atoms with Gasteiger partial charge in [0.15, 0.2) is 0 Å². The van der Waals surface area contributed by atoms with Gasteiger partial charge in [0.25, 0.3) is 0 Å². The van der Waals surface area contributed by atoms with Gasteiger partial charge >= 0.3 is 5.97 Å². The minimum absolute atomic E-state index is 0.0137. The number of benzene rings is 1. The van der Waals surface area contributed by atoms with Gasteiger partial charge in [-0.3, -0.25) is 0 Å². The Morgan fingerprint density at radius 2 is 1.93 bits per heavy atom. The molecule has 5 nitrogen and oxygen atoms in total. The first-order chi connectivity index (χ1) is 14.2. The lowest BCUT2D eigenvalue weighted by atomic mass is 9.76. The van der Waals surface area contributed by atoms with Gasteiger partial charge in [-0.1, -0.05) is 50.3 Å². The predicted molar refractivity (Wildman–Crippen MR) is 118 cm³/mol. The highest BCUT2D eigenvalue weighted by molar-refractivity contribution is 5.96. The molecule has 5 rings (SSSR count). The van der Waals surface area contributed by atoms with Crippen LogP contribution in [0.15, 0.2) is 42.0 Å². The van der Waals surface area contributed by atoms with E-state index in [9.17, 15) is 4.79 Å². The van der Waals surface area contributed by atoms with Gasteiger partial charge in [0.2, 0.25) is 0 Å². The zero-order valence-electron chi connectivity index (χ0n) is 18.5. The average Bonchev–Trinajstić information content (AvgIpc) is 3.36. The first-order valence-electron chi connectivity index (χ1n) is 11.0. The van der Waals surface area contributed by atoms with Crippen molar-refractivity contribution in [2.24, 2.45) is 11.3 Å². The standard InChI is InChI=1S/C25H31N3O2/c1-15-20(23(29)30-21-17-11-12-18(13-17)25(21,4)5)22-26-19(16-9-7-6-8-10-16)14-24(2,3)28(22)27-15/h6-11,18-19,21,26H,12-14H2,1-5H3/t18-,19?,21?/m0/s1. The number of fused-ring (bicyclic) bond motifs is 3. The minimum atomic E-state index is -0.266. The van der Waals surface area contributed by atoms with Crippen LogP contribution in [0.5, 0.6) is 0 Å². The van der Waals surface area contributed by atoms with E-state index in [0.29, 0.717) is 11.5 Å². The van der Waals surface area contributed by atoms with Crippen LogP contribution in [0.1, 0.15) is 74.6 Å². The summed E-state index contributed by atoms with van der Waals surface area (Å²) in [6, 6.07) is 10.5. The molecule has 5 heteroatoms. The largest absolute Gasteiger partial charge is 0.454 e. The van der Waals surface area contributed by atoms with Gasteiger partial charge in [0.05, 0.1) is 17.3 Å². The van der Waals surface area contributed by atoms with Gasteiger partial charge in [-0.05, 0) is 57.1 Å². The average molecular weight is 406 g/mol. The van der Waals surface area contributed by atoms with Crippen LogP contribution in [0.3, 0.4) is 0 Å². The summed E-state index contributed by atoms with van der Waals surface area (Å²) in [6.45, 7) is 10.7. The van der Waals surface area contributed by atoms with Crippen LogP contribution in [-0.4, -0.2) is 21.9 Å². The Morgan fingerprint density at radius 1 is 1.20 bits per heavy atom. The maximum Gasteiger partial charge on any atom is 0.344 e. The summed E-state index contributed by atoms with van der Waals surface area (Å²) in [5.41, 5.74) is 3.57. The van der Waals surface area contributed by atoms with Gasteiger partial charge in [0.1, 0.15) is 17.5 Å². The topological polar surface area (TPSA) is 56.2 Å². The van der Waals surface area contributed by atoms with E-state index in [4.69, 9.17) is 9.84 Å². The van der Waals surface area contributed by atoms with Crippen molar-refractivity contribution < 1.29 is 9.53 Å². The zero-order valence-corrected chi connectivity index (χ0v) is 18.5. The summed E-state index contributed by atoms with van der Waals surface area (Å²) in [6.07, 6.45) is 5.18. The molecule has 2 bridgehead atoms. The summed E-state index contributed by atoms with van der Waals surface area (Å²) >= 11 is 0. The summed E-state index contributed by atoms with van der Waals surface area (Å²) < 4.78 is 8.14. The number of rotatable bonds is 3. The maximum absolute atomic E-state index is 13.4.